The van der Waals surface area contributed by atoms with Crippen molar-refractivity contribution in [2.24, 2.45) is 0 Å². The molecule has 0 aliphatic rings. The number of carbonyl (C=O) groups is 1. The molecule has 26 heavy (non-hydrogen) atoms. The molecule has 1 amide bonds. The van der Waals surface area contributed by atoms with Gasteiger partial charge < -0.3 is 9.73 Å². The molecule has 0 fully saturated rings. The number of hydrogen-bond acceptors (Lipinski definition) is 5. The predicted octanol–water partition coefficient (Wildman–Crippen LogP) is 3.80. The predicted molar refractivity (Wildman–Crippen MR) is 103 cm³/mol. The van der Waals surface area contributed by atoms with Crippen molar-refractivity contribution in [3.63, 3.8) is 0 Å². The summed E-state index contributed by atoms with van der Waals surface area (Å²) >= 11 is 1.25. The van der Waals surface area contributed by atoms with Crippen LogP contribution in [0, 0.1) is 13.8 Å². The van der Waals surface area contributed by atoms with E-state index in [1.807, 2.05) is 43.3 Å². The van der Waals surface area contributed by atoms with Gasteiger partial charge in [-0.2, -0.15) is 0 Å². The minimum Gasteiger partial charge on any atom is -0.411 e. The Kier molecular flexibility index (Phi) is 6.07. The number of aryl methyl sites for hydroxylation is 2. The summed E-state index contributed by atoms with van der Waals surface area (Å²) in [5.41, 5.74) is 4.50. The first-order valence-electron chi connectivity index (χ1n) is 8.46. The van der Waals surface area contributed by atoms with E-state index in [0.717, 1.165) is 17.5 Å². The first kappa shape index (κ1) is 18.2. The fourth-order valence-corrected chi connectivity index (χ4v) is 3.16. The molecule has 1 heterocycles. The van der Waals surface area contributed by atoms with Crippen molar-refractivity contribution in [1.82, 2.24) is 15.5 Å². The van der Waals surface area contributed by atoms with E-state index in [9.17, 15) is 4.79 Å². The number of nitrogens with one attached hydrogen (secondary N) is 1. The highest BCUT2D eigenvalue weighted by atomic mass is 32.2. The molecule has 0 atom stereocenters. The lowest BCUT2D eigenvalue weighted by molar-refractivity contribution is -0.118. The Morgan fingerprint density at radius 3 is 2.77 bits per heavy atom. The van der Waals surface area contributed by atoms with Crippen LogP contribution in [0.5, 0.6) is 0 Å². The number of thioether (sulfide) groups is 1. The highest BCUT2D eigenvalue weighted by molar-refractivity contribution is 7.99. The SMILES string of the molecule is Cc1cccc(-c2nnc(SCC(=O)NCCc3ccccc3C)o2)c1. The summed E-state index contributed by atoms with van der Waals surface area (Å²) in [7, 11) is 0. The van der Waals surface area contributed by atoms with Gasteiger partial charge in [0.25, 0.3) is 5.22 Å². The number of hydrogen-bond donors (Lipinski definition) is 1. The Labute approximate surface area is 157 Å². The molecule has 0 spiro atoms. The smallest absolute Gasteiger partial charge is 0.277 e. The molecule has 134 valence electrons. The van der Waals surface area contributed by atoms with Crippen molar-refractivity contribution in [3.05, 3.63) is 65.2 Å². The molecule has 0 saturated carbocycles. The Bertz CT molecular complexity index is 892. The molecule has 2 aromatic carbocycles. The van der Waals surface area contributed by atoms with Gasteiger partial charge in [-0.15, -0.1) is 10.2 Å². The Morgan fingerprint density at radius 2 is 1.96 bits per heavy atom. The lowest BCUT2D eigenvalue weighted by atomic mass is 10.1. The van der Waals surface area contributed by atoms with Crippen LogP contribution in [0.15, 0.2) is 58.2 Å². The van der Waals surface area contributed by atoms with Crippen LogP contribution in [-0.4, -0.2) is 28.4 Å². The summed E-state index contributed by atoms with van der Waals surface area (Å²) in [4.78, 5) is 12.0. The monoisotopic (exact) mass is 367 g/mol. The molecule has 0 aliphatic heterocycles. The van der Waals surface area contributed by atoms with Crippen molar-refractivity contribution in [1.29, 1.82) is 0 Å². The Morgan fingerprint density at radius 1 is 1.12 bits per heavy atom. The fraction of sp³-hybridized carbons (Fsp3) is 0.250. The lowest BCUT2D eigenvalue weighted by Gasteiger charge is -2.06. The molecule has 0 bridgehead atoms. The van der Waals surface area contributed by atoms with Gasteiger partial charge in [-0.05, 0) is 43.5 Å². The van der Waals surface area contributed by atoms with E-state index in [0.29, 0.717) is 17.7 Å². The summed E-state index contributed by atoms with van der Waals surface area (Å²) in [5, 5.41) is 11.4. The molecular formula is C20H21N3O2S. The van der Waals surface area contributed by atoms with Gasteiger partial charge in [-0.1, -0.05) is 53.7 Å². The van der Waals surface area contributed by atoms with Crippen molar-refractivity contribution < 1.29 is 9.21 Å². The van der Waals surface area contributed by atoms with E-state index >= 15 is 0 Å². The lowest BCUT2D eigenvalue weighted by Crippen LogP contribution is -2.27. The van der Waals surface area contributed by atoms with Crippen LogP contribution in [0.4, 0.5) is 0 Å². The number of amides is 1. The van der Waals surface area contributed by atoms with Gasteiger partial charge in [-0.3, -0.25) is 4.79 Å². The number of nitrogens with zero attached hydrogens (tertiary/aromatic N) is 2. The van der Waals surface area contributed by atoms with Gasteiger partial charge in [0.2, 0.25) is 11.8 Å². The van der Waals surface area contributed by atoms with Gasteiger partial charge >= 0.3 is 0 Å². The van der Waals surface area contributed by atoms with Crippen LogP contribution >= 0.6 is 11.8 Å². The van der Waals surface area contributed by atoms with Crippen molar-refractivity contribution in [2.75, 3.05) is 12.3 Å². The molecule has 6 heteroatoms. The third-order valence-corrected chi connectivity index (χ3v) is 4.79. The van der Waals surface area contributed by atoms with E-state index in [4.69, 9.17) is 4.42 Å². The van der Waals surface area contributed by atoms with E-state index < -0.39 is 0 Å². The molecular weight excluding hydrogens is 346 g/mol. The molecule has 0 aliphatic carbocycles. The maximum absolute atomic E-state index is 12.0. The van der Waals surface area contributed by atoms with Crippen LogP contribution < -0.4 is 5.32 Å². The summed E-state index contributed by atoms with van der Waals surface area (Å²) in [6, 6.07) is 16.1. The molecule has 5 nitrogen and oxygen atoms in total. The van der Waals surface area contributed by atoms with Crippen LogP contribution in [0.1, 0.15) is 16.7 Å². The third kappa shape index (κ3) is 4.95. The average Bonchev–Trinajstić information content (AvgIpc) is 3.11. The standard InChI is InChI=1S/C20H21N3O2S/c1-14-6-5-9-17(12-14)19-22-23-20(25-19)26-13-18(24)21-11-10-16-8-4-3-7-15(16)2/h3-9,12H,10-11,13H2,1-2H3,(H,21,24). The molecule has 0 unspecified atom stereocenters. The zero-order valence-corrected chi connectivity index (χ0v) is 15.7. The highest BCUT2D eigenvalue weighted by Crippen LogP contribution is 2.23. The molecule has 3 aromatic rings. The summed E-state index contributed by atoms with van der Waals surface area (Å²) in [6.45, 7) is 4.70. The maximum atomic E-state index is 12.0. The molecule has 0 saturated heterocycles. The second kappa shape index (κ2) is 8.67. The molecule has 1 N–H and O–H groups in total. The minimum atomic E-state index is -0.0427. The van der Waals surface area contributed by atoms with E-state index in [1.54, 1.807) is 0 Å². The van der Waals surface area contributed by atoms with E-state index in [2.05, 4.69) is 34.6 Å². The third-order valence-electron chi connectivity index (χ3n) is 3.98. The summed E-state index contributed by atoms with van der Waals surface area (Å²) in [6.07, 6.45) is 0.821. The number of carbonyl (C=O) groups excluding carboxylic acids is 1. The van der Waals surface area contributed by atoms with E-state index in [-0.39, 0.29) is 11.7 Å². The second-order valence-electron chi connectivity index (χ2n) is 6.06. The number of rotatable bonds is 7. The van der Waals surface area contributed by atoms with Crippen LogP contribution in [-0.2, 0) is 11.2 Å². The maximum Gasteiger partial charge on any atom is 0.277 e. The van der Waals surface area contributed by atoms with Gasteiger partial charge in [-0.25, -0.2) is 0 Å². The van der Waals surface area contributed by atoms with Gasteiger partial charge in [0, 0.05) is 12.1 Å². The number of aromatic nitrogens is 2. The van der Waals surface area contributed by atoms with Crippen LogP contribution in [0.3, 0.4) is 0 Å². The minimum absolute atomic E-state index is 0.0427. The zero-order chi connectivity index (χ0) is 18.4. The molecule has 0 radical (unpaired) electrons. The highest BCUT2D eigenvalue weighted by Gasteiger charge is 2.11. The molecule has 1 aromatic heterocycles. The van der Waals surface area contributed by atoms with Gasteiger partial charge in [0.15, 0.2) is 0 Å². The van der Waals surface area contributed by atoms with Crippen molar-refractivity contribution >= 4 is 17.7 Å². The Balaban J connectivity index is 1.45. The Hall–Kier alpha value is -2.60. The van der Waals surface area contributed by atoms with E-state index in [1.165, 1.54) is 22.9 Å². The van der Waals surface area contributed by atoms with Gasteiger partial charge in [0.1, 0.15) is 0 Å². The van der Waals surface area contributed by atoms with Crippen LogP contribution in [0.25, 0.3) is 11.5 Å². The summed E-state index contributed by atoms with van der Waals surface area (Å²) < 4.78 is 5.63. The van der Waals surface area contributed by atoms with Crippen molar-refractivity contribution in [3.8, 4) is 11.5 Å². The second-order valence-corrected chi connectivity index (χ2v) is 6.98. The number of benzene rings is 2. The first-order chi connectivity index (χ1) is 12.6. The first-order valence-corrected chi connectivity index (χ1v) is 9.45. The summed E-state index contributed by atoms with van der Waals surface area (Å²) in [5.74, 6) is 0.679. The zero-order valence-electron chi connectivity index (χ0n) is 14.9. The van der Waals surface area contributed by atoms with Gasteiger partial charge in [0.05, 0.1) is 5.75 Å². The topological polar surface area (TPSA) is 68.0 Å². The fourth-order valence-electron chi connectivity index (χ4n) is 2.57. The average molecular weight is 367 g/mol. The normalized spacial score (nSPS) is 10.7. The largest absolute Gasteiger partial charge is 0.411 e. The van der Waals surface area contributed by atoms with Crippen molar-refractivity contribution in [2.45, 2.75) is 25.5 Å². The molecule has 3 rings (SSSR count). The van der Waals surface area contributed by atoms with Crippen LogP contribution in [0.2, 0.25) is 0 Å². The quantitative estimate of drug-likeness (QED) is 0.643.